The monoisotopic (exact) mass is 283 g/mol. The molecule has 0 aliphatic carbocycles. The van der Waals surface area contributed by atoms with Gasteiger partial charge in [-0.2, -0.15) is 0 Å². The van der Waals surface area contributed by atoms with Gasteiger partial charge in [0.1, 0.15) is 12.7 Å². The van der Waals surface area contributed by atoms with Gasteiger partial charge in [-0.1, -0.05) is 19.1 Å². The quantitative estimate of drug-likeness (QED) is 0.935. The molecule has 1 aliphatic rings. The third-order valence-electron chi connectivity index (χ3n) is 3.90. The van der Waals surface area contributed by atoms with Gasteiger partial charge >= 0.3 is 0 Å². The molecule has 110 valence electrons. The maximum atomic E-state index is 4.05. The second kappa shape index (κ2) is 6.52. The van der Waals surface area contributed by atoms with Gasteiger partial charge in [0.2, 0.25) is 5.95 Å². The van der Waals surface area contributed by atoms with Crippen LogP contribution in [0.25, 0.3) is 0 Å². The molecular formula is C16H21N5. The van der Waals surface area contributed by atoms with Gasteiger partial charge in [-0.05, 0) is 36.5 Å². The first-order valence-corrected chi connectivity index (χ1v) is 7.51. The van der Waals surface area contributed by atoms with Crippen molar-refractivity contribution in [3.05, 3.63) is 42.5 Å². The Morgan fingerprint density at radius 2 is 1.95 bits per heavy atom. The molecule has 0 bridgehead atoms. The van der Waals surface area contributed by atoms with Gasteiger partial charge in [-0.25, -0.2) is 15.0 Å². The van der Waals surface area contributed by atoms with Crippen molar-refractivity contribution in [2.45, 2.75) is 26.3 Å². The van der Waals surface area contributed by atoms with Gasteiger partial charge in [-0.3, -0.25) is 0 Å². The molecule has 0 unspecified atom stereocenters. The fourth-order valence-electron chi connectivity index (χ4n) is 2.76. The summed E-state index contributed by atoms with van der Waals surface area (Å²) in [6, 6.07) is 8.76. The normalized spacial score (nSPS) is 18.5. The lowest BCUT2D eigenvalue weighted by atomic mass is 9.99. The highest BCUT2D eigenvalue weighted by atomic mass is 15.1. The van der Waals surface area contributed by atoms with E-state index in [1.165, 1.54) is 49.8 Å². The van der Waals surface area contributed by atoms with Crippen LogP contribution in [0, 0.1) is 5.92 Å². The molecule has 2 heterocycles. The molecule has 1 atom stereocenters. The Balaban J connectivity index is 1.59. The van der Waals surface area contributed by atoms with Crippen molar-refractivity contribution < 1.29 is 0 Å². The minimum absolute atomic E-state index is 0.610. The van der Waals surface area contributed by atoms with Crippen molar-refractivity contribution in [1.82, 2.24) is 15.0 Å². The van der Waals surface area contributed by atoms with Crippen LogP contribution in [0.15, 0.2) is 36.9 Å². The zero-order valence-electron chi connectivity index (χ0n) is 12.4. The highest BCUT2D eigenvalue weighted by molar-refractivity contribution is 5.48. The number of hydrogen-bond acceptors (Lipinski definition) is 5. The molecule has 0 amide bonds. The number of nitrogens with one attached hydrogen (secondary N) is 1. The molecule has 5 heteroatoms. The number of nitrogens with zero attached hydrogens (tertiary/aromatic N) is 4. The van der Waals surface area contributed by atoms with Crippen LogP contribution in [0.3, 0.4) is 0 Å². The van der Waals surface area contributed by atoms with E-state index in [4.69, 9.17) is 0 Å². The predicted molar refractivity (Wildman–Crippen MR) is 84.2 cm³/mol. The molecule has 0 spiro atoms. The van der Waals surface area contributed by atoms with Crippen LogP contribution in [0.4, 0.5) is 11.6 Å². The van der Waals surface area contributed by atoms with Crippen molar-refractivity contribution >= 4 is 11.6 Å². The molecule has 1 aromatic heterocycles. The number of piperidine rings is 1. The van der Waals surface area contributed by atoms with E-state index in [9.17, 15) is 0 Å². The summed E-state index contributed by atoms with van der Waals surface area (Å²) in [5.41, 5.74) is 2.55. The maximum absolute atomic E-state index is 4.05. The second-order valence-corrected chi connectivity index (χ2v) is 5.68. The topological polar surface area (TPSA) is 53.9 Å². The lowest BCUT2D eigenvalue weighted by Crippen LogP contribution is -2.34. The summed E-state index contributed by atoms with van der Waals surface area (Å²) in [5, 5.41) is 3.19. The molecular weight excluding hydrogens is 262 g/mol. The van der Waals surface area contributed by atoms with Crippen LogP contribution < -0.4 is 10.2 Å². The number of rotatable bonds is 4. The lowest BCUT2D eigenvalue weighted by molar-refractivity contribution is 0.447. The van der Waals surface area contributed by atoms with E-state index in [0.717, 1.165) is 12.5 Å². The molecule has 2 aromatic rings. The average molecular weight is 283 g/mol. The Kier molecular flexibility index (Phi) is 4.28. The second-order valence-electron chi connectivity index (χ2n) is 5.68. The van der Waals surface area contributed by atoms with Gasteiger partial charge in [0, 0.05) is 25.3 Å². The number of anilines is 2. The van der Waals surface area contributed by atoms with E-state index in [-0.39, 0.29) is 0 Å². The third kappa shape index (κ3) is 3.68. The first-order valence-electron chi connectivity index (χ1n) is 7.51. The van der Waals surface area contributed by atoms with Crippen LogP contribution in [0.2, 0.25) is 0 Å². The Labute approximate surface area is 125 Å². The van der Waals surface area contributed by atoms with E-state index >= 15 is 0 Å². The fraction of sp³-hybridized carbons (Fsp3) is 0.438. The zero-order chi connectivity index (χ0) is 14.5. The van der Waals surface area contributed by atoms with E-state index in [1.807, 2.05) is 0 Å². The summed E-state index contributed by atoms with van der Waals surface area (Å²) in [4.78, 5) is 14.4. The number of aromatic nitrogens is 3. The molecule has 3 rings (SSSR count). The SMILES string of the molecule is C[C@@H]1CCCN(c2ccc(CNc3ncncn3)cc2)C1. The van der Waals surface area contributed by atoms with Crippen LogP contribution in [-0.4, -0.2) is 28.0 Å². The van der Waals surface area contributed by atoms with Crippen molar-refractivity contribution in [3.8, 4) is 0 Å². The largest absolute Gasteiger partial charge is 0.371 e. The summed E-state index contributed by atoms with van der Waals surface area (Å²) in [6.45, 7) is 5.40. The number of benzene rings is 1. The molecule has 5 nitrogen and oxygen atoms in total. The van der Waals surface area contributed by atoms with Crippen molar-refractivity contribution in [2.24, 2.45) is 5.92 Å². The minimum Gasteiger partial charge on any atom is -0.371 e. The minimum atomic E-state index is 0.610. The van der Waals surface area contributed by atoms with Gasteiger partial charge in [0.05, 0.1) is 0 Å². The Morgan fingerprint density at radius 3 is 2.67 bits per heavy atom. The lowest BCUT2D eigenvalue weighted by Gasteiger charge is -2.32. The first kappa shape index (κ1) is 13.8. The van der Waals surface area contributed by atoms with Gasteiger partial charge in [0.15, 0.2) is 0 Å². The van der Waals surface area contributed by atoms with Crippen molar-refractivity contribution in [3.63, 3.8) is 0 Å². The van der Waals surface area contributed by atoms with E-state index in [1.54, 1.807) is 0 Å². The predicted octanol–water partition coefficient (Wildman–Crippen LogP) is 2.72. The number of hydrogen-bond donors (Lipinski definition) is 1. The van der Waals surface area contributed by atoms with Crippen LogP contribution in [0.1, 0.15) is 25.3 Å². The third-order valence-corrected chi connectivity index (χ3v) is 3.90. The van der Waals surface area contributed by atoms with Crippen LogP contribution in [-0.2, 0) is 6.54 Å². The highest BCUT2D eigenvalue weighted by Gasteiger charge is 2.16. The summed E-state index contributed by atoms with van der Waals surface area (Å²) in [7, 11) is 0. The van der Waals surface area contributed by atoms with Gasteiger partial charge < -0.3 is 10.2 Å². The molecule has 0 radical (unpaired) electrons. The standard InChI is InChI=1S/C16H21N5/c1-13-3-2-8-21(10-13)15-6-4-14(5-7-15)9-18-16-19-11-17-12-20-16/h4-7,11-13H,2-3,8-10H2,1H3,(H,17,18,19,20)/t13-/m1/s1. The molecule has 1 aliphatic heterocycles. The van der Waals surface area contributed by atoms with Crippen molar-refractivity contribution in [2.75, 3.05) is 23.3 Å². The zero-order valence-corrected chi connectivity index (χ0v) is 12.4. The Bertz CT molecular complexity index is 555. The average Bonchev–Trinajstić information content (AvgIpc) is 2.54. The smallest absolute Gasteiger partial charge is 0.225 e. The van der Waals surface area contributed by atoms with Gasteiger partial charge in [0.25, 0.3) is 0 Å². The Morgan fingerprint density at radius 1 is 1.19 bits per heavy atom. The maximum Gasteiger partial charge on any atom is 0.225 e. The summed E-state index contributed by atoms with van der Waals surface area (Å²) in [5.74, 6) is 1.41. The van der Waals surface area contributed by atoms with E-state index in [2.05, 4.69) is 56.4 Å². The van der Waals surface area contributed by atoms with E-state index in [0.29, 0.717) is 5.95 Å². The summed E-state index contributed by atoms with van der Waals surface area (Å²) >= 11 is 0. The van der Waals surface area contributed by atoms with Crippen LogP contribution >= 0.6 is 0 Å². The molecule has 1 fully saturated rings. The van der Waals surface area contributed by atoms with Gasteiger partial charge in [-0.15, -0.1) is 0 Å². The van der Waals surface area contributed by atoms with Crippen LogP contribution in [0.5, 0.6) is 0 Å². The highest BCUT2D eigenvalue weighted by Crippen LogP contribution is 2.23. The first-order chi connectivity index (χ1) is 10.3. The molecule has 1 aromatic carbocycles. The molecule has 21 heavy (non-hydrogen) atoms. The van der Waals surface area contributed by atoms with E-state index < -0.39 is 0 Å². The summed E-state index contributed by atoms with van der Waals surface area (Å²) < 4.78 is 0. The molecule has 0 saturated carbocycles. The molecule has 1 saturated heterocycles. The fourth-order valence-corrected chi connectivity index (χ4v) is 2.76. The van der Waals surface area contributed by atoms with Crippen molar-refractivity contribution in [1.29, 1.82) is 0 Å². The Hall–Kier alpha value is -2.17. The molecule has 1 N–H and O–H groups in total. The summed E-state index contributed by atoms with van der Waals surface area (Å²) in [6.07, 6.45) is 5.64.